The maximum Gasteiger partial charge on any atom is 0.263 e. The van der Waals surface area contributed by atoms with Crippen LogP contribution in [0, 0.1) is 12.7 Å². The summed E-state index contributed by atoms with van der Waals surface area (Å²) in [5, 5.41) is 13.6. The van der Waals surface area contributed by atoms with Crippen molar-refractivity contribution in [3.8, 4) is 11.6 Å². The molecule has 9 nitrogen and oxygen atoms in total. The smallest absolute Gasteiger partial charge is 0.263 e. The van der Waals surface area contributed by atoms with E-state index in [0.29, 0.717) is 17.2 Å². The summed E-state index contributed by atoms with van der Waals surface area (Å²) in [6.45, 7) is 1.77. The Balaban J connectivity index is 1.55. The predicted molar refractivity (Wildman–Crippen MR) is 118 cm³/mol. The molecule has 0 aliphatic rings. The lowest BCUT2D eigenvalue weighted by atomic mass is 10.3. The first-order valence-corrected chi connectivity index (χ1v) is 10.5. The van der Waals surface area contributed by atoms with Crippen LogP contribution < -0.4 is 10.9 Å². The summed E-state index contributed by atoms with van der Waals surface area (Å²) >= 11 is 1.50. The van der Waals surface area contributed by atoms with E-state index in [9.17, 15) is 14.0 Å². The molecule has 0 radical (unpaired) electrons. The van der Waals surface area contributed by atoms with Crippen molar-refractivity contribution in [1.29, 1.82) is 0 Å². The van der Waals surface area contributed by atoms with Gasteiger partial charge in [0.05, 0.1) is 24.0 Å². The summed E-state index contributed by atoms with van der Waals surface area (Å²) in [4.78, 5) is 33.3. The number of benzene rings is 1. The van der Waals surface area contributed by atoms with Gasteiger partial charge >= 0.3 is 0 Å². The third kappa shape index (κ3) is 3.69. The molecule has 0 fully saturated rings. The number of amides is 1. The van der Waals surface area contributed by atoms with Crippen LogP contribution in [-0.4, -0.2) is 35.4 Å². The van der Waals surface area contributed by atoms with Crippen molar-refractivity contribution < 1.29 is 9.18 Å². The van der Waals surface area contributed by atoms with E-state index in [1.165, 1.54) is 39.0 Å². The van der Waals surface area contributed by atoms with E-state index in [0.717, 1.165) is 4.88 Å². The molecule has 0 saturated heterocycles. The van der Waals surface area contributed by atoms with Crippen molar-refractivity contribution in [2.45, 2.75) is 13.3 Å². The molecule has 0 spiro atoms. The minimum absolute atomic E-state index is 0.117. The average molecular weight is 449 g/mol. The number of fused-ring (bicyclic) bond motifs is 1. The molecule has 1 amide bonds. The molecule has 0 atom stereocenters. The summed E-state index contributed by atoms with van der Waals surface area (Å²) in [6.07, 6.45) is 1.62. The highest BCUT2D eigenvalue weighted by Crippen LogP contribution is 2.19. The molecular formula is C21H16FN7O2S. The summed E-state index contributed by atoms with van der Waals surface area (Å²) in [6, 6.07) is 11.1. The van der Waals surface area contributed by atoms with E-state index >= 15 is 0 Å². The Morgan fingerprint density at radius 2 is 2.03 bits per heavy atom. The van der Waals surface area contributed by atoms with E-state index in [1.54, 1.807) is 25.1 Å². The van der Waals surface area contributed by atoms with Crippen molar-refractivity contribution in [2.75, 3.05) is 5.32 Å². The molecule has 11 heteroatoms. The number of carbonyl (C=O) groups excluding carboxylic acids is 1. The molecule has 0 aliphatic carbocycles. The van der Waals surface area contributed by atoms with Gasteiger partial charge in [-0.3, -0.25) is 14.6 Å². The number of thiophene rings is 1. The highest BCUT2D eigenvalue weighted by Gasteiger charge is 2.17. The summed E-state index contributed by atoms with van der Waals surface area (Å²) in [5.74, 6) is -0.106. The fourth-order valence-electron chi connectivity index (χ4n) is 3.29. The van der Waals surface area contributed by atoms with Crippen LogP contribution in [0.3, 0.4) is 0 Å². The average Bonchev–Trinajstić information content (AvgIpc) is 3.49. The monoisotopic (exact) mass is 449 g/mol. The summed E-state index contributed by atoms with van der Waals surface area (Å²) in [5.41, 5.74) is 1.04. The van der Waals surface area contributed by atoms with Crippen molar-refractivity contribution in [2.24, 2.45) is 0 Å². The number of aromatic amines is 1. The number of halogens is 1. The molecule has 5 aromatic rings. The molecule has 0 bridgehead atoms. The van der Waals surface area contributed by atoms with Gasteiger partial charge in [0.25, 0.3) is 5.56 Å². The minimum atomic E-state index is -0.414. The topological polar surface area (TPSA) is 110 Å². The second-order valence-corrected chi connectivity index (χ2v) is 8.08. The quantitative estimate of drug-likeness (QED) is 0.429. The van der Waals surface area contributed by atoms with Crippen LogP contribution in [0.4, 0.5) is 10.2 Å². The van der Waals surface area contributed by atoms with Crippen molar-refractivity contribution in [3.05, 3.63) is 80.8 Å². The molecule has 32 heavy (non-hydrogen) atoms. The Morgan fingerprint density at radius 3 is 2.78 bits per heavy atom. The Hall–Kier alpha value is -4.12. The molecule has 2 N–H and O–H groups in total. The first kappa shape index (κ1) is 19.8. The van der Waals surface area contributed by atoms with Crippen LogP contribution in [0.15, 0.2) is 58.8 Å². The van der Waals surface area contributed by atoms with Crippen molar-refractivity contribution in [1.82, 2.24) is 29.5 Å². The lowest BCUT2D eigenvalue weighted by molar-refractivity contribution is -0.115. The maximum absolute atomic E-state index is 13.3. The third-order valence-corrected chi connectivity index (χ3v) is 5.59. The predicted octanol–water partition coefficient (Wildman–Crippen LogP) is 2.98. The van der Waals surface area contributed by atoms with Gasteiger partial charge in [0.15, 0.2) is 5.65 Å². The number of hydrogen-bond donors (Lipinski definition) is 2. The Bertz CT molecular complexity index is 1480. The number of nitrogens with zero attached hydrogens (tertiary/aromatic N) is 5. The highest BCUT2D eigenvalue weighted by atomic mass is 32.1. The molecule has 0 saturated carbocycles. The van der Waals surface area contributed by atoms with Gasteiger partial charge in [-0.25, -0.2) is 9.07 Å². The molecule has 0 unspecified atom stereocenters. The van der Waals surface area contributed by atoms with Crippen LogP contribution in [0.25, 0.3) is 22.7 Å². The number of anilines is 1. The second kappa shape index (κ2) is 7.85. The van der Waals surface area contributed by atoms with Gasteiger partial charge in [-0.1, -0.05) is 6.07 Å². The number of nitrogens with one attached hydrogen (secondary N) is 2. The lowest BCUT2D eigenvalue weighted by Gasteiger charge is -2.08. The molecule has 160 valence electrons. The van der Waals surface area contributed by atoms with Crippen LogP contribution in [0.1, 0.15) is 10.6 Å². The van der Waals surface area contributed by atoms with Crippen LogP contribution in [0.5, 0.6) is 0 Å². The number of rotatable bonds is 5. The van der Waals surface area contributed by atoms with Gasteiger partial charge in [-0.2, -0.15) is 19.9 Å². The Morgan fingerprint density at radius 1 is 1.22 bits per heavy atom. The van der Waals surface area contributed by atoms with E-state index < -0.39 is 5.56 Å². The second-order valence-electron chi connectivity index (χ2n) is 7.05. The van der Waals surface area contributed by atoms with E-state index in [4.69, 9.17) is 0 Å². The van der Waals surface area contributed by atoms with E-state index in [-0.39, 0.29) is 35.1 Å². The van der Waals surface area contributed by atoms with Gasteiger partial charge < -0.3 is 5.32 Å². The van der Waals surface area contributed by atoms with E-state index in [1.807, 2.05) is 17.5 Å². The first-order chi connectivity index (χ1) is 15.5. The summed E-state index contributed by atoms with van der Waals surface area (Å²) < 4.78 is 16.1. The number of hydrogen-bond acceptors (Lipinski definition) is 6. The number of aryl methyl sites for hydroxylation is 1. The van der Waals surface area contributed by atoms with Gasteiger partial charge in [-0.05, 0) is 42.6 Å². The highest BCUT2D eigenvalue weighted by molar-refractivity contribution is 7.10. The van der Waals surface area contributed by atoms with E-state index in [2.05, 4.69) is 25.5 Å². The zero-order chi connectivity index (χ0) is 22.2. The molecule has 1 aromatic carbocycles. The van der Waals surface area contributed by atoms with Crippen LogP contribution >= 0.6 is 11.3 Å². The Labute approximate surface area is 184 Å². The van der Waals surface area contributed by atoms with Gasteiger partial charge in [0.2, 0.25) is 11.9 Å². The lowest BCUT2D eigenvalue weighted by Crippen LogP contribution is -2.19. The van der Waals surface area contributed by atoms with Crippen molar-refractivity contribution in [3.63, 3.8) is 0 Å². The van der Waals surface area contributed by atoms with Gasteiger partial charge in [0, 0.05) is 10.9 Å². The number of carbonyl (C=O) groups is 1. The fraction of sp³-hybridized carbons (Fsp3) is 0.0952. The molecule has 0 aliphatic heterocycles. The van der Waals surface area contributed by atoms with Crippen LogP contribution in [-0.2, 0) is 11.2 Å². The zero-order valence-corrected chi connectivity index (χ0v) is 17.6. The fourth-order valence-corrected chi connectivity index (χ4v) is 3.99. The van der Waals surface area contributed by atoms with Crippen LogP contribution in [0.2, 0.25) is 0 Å². The molecule has 4 aromatic heterocycles. The minimum Gasteiger partial charge on any atom is -0.310 e. The van der Waals surface area contributed by atoms with Crippen molar-refractivity contribution >= 4 is 34.1 Å². The molecular weight excluding hydrogens is 433 g/mol. The summed E-state index contributed by atoms with van der Waals surface area (Å²) in [7, 11) is 0. The van der Waals surface area contributed by atoms with Gasteiger partial charge in [-0.15, -0.1) is 11.3 Å². The Kier molecular flexibility index (Phi) is 4.86. The SMILES string of the molecule is Cc1cc(NC(=O)Cc2cccs2)n(-c2nc3c(cnn3-c3ccc(F)cc3)c(=O)[nH]2)n1. The van der Waals surface area contributed by atoms with Gasteiger partial charge in [0.1, 0.15) is 17.0 Å². The maximum atomic E-state index is 13.3. The number of H-pyrrole nitrogens is 1. The normalized spacial score (nSPS) is 11.2. The zero-order valence-electron chi connectivity index (χ0n) is 16.7. The largest absolute Gasteiger partial charge is 0.310 e. The molecule has 5 rings (SSSR count). The standard InChI is InChI=1S/C21H16FN7O2S/c1-12-9-17(24-18(30)10-15-3-2-8-32-15)29(27-12)21-25-19-16(20(31)26-21)11-23-28(19)14-6-4-13(22)5-7-14/h2-9,11H,10H2,1H3,(H,24,30)(H,25,26,31). The first-order valence-electron chi connectivity index (χ1n) is 9.61. The number of aromatic nitrogens is 6. The molecule has 4 heterocycles. The third-order valence-electron chi connectivity index (χ3n) is 4.71.